The van der Waals surface area contributed by atoms with Crippen LogP contribution in [0.15, 0.2) is 18.2 Å². The summed E-state index contributed by atoms with van der Waals surface area (Å²) in [5.41, 5.74) is 2.58. The molecule has 0 aromatic heterocycles. The van der Waals surface area contributed by atoms with Crippen LogP contribution in [0, 0.1) is 0 Å². The van der Waals surface area contributed by atoms with Crippen molar-refractivity contribution in [1.82, 2.24) is 0 Å². The van der Waals surface area contributed by atoms with Gasteiger partial charge in [0.25, 0.3) is 0 Å². The van der Waals surface area contributed by atoms with E-state index in [9.17, 15) is 0 Å². The molecule has 1 aromatic carbocycles. The summed E-state index contributed by atoms with van der Waals surface area (Å²) in [5, 5.41) is 3.52. The molecule has 0 spiro atoms. The molecule has 0 aliphatic carbocycles. The third kappa shape index (κ3) is 1.69. The number of fused-ring (bicyclic) bond motifs is 1. The molecule has 76 valence electrons. The van der Waals surface area contributed by atoms with Crippen LogP contribution in [0.4, 0.5) is 5.69 Å². The zero-order chi connectivity index (χ0) is 9.97. The van der Waals surface area contributed by atoms with Crippen molar-refractivity contribution in [2.45, 2.75) is 32.2 Å². The van der Waals surface area contributed by atoms with Crippen LogP contribution in [0.1, 0.15) is 25.3 Å². The van der Waals surface area contributed by atoms with E-state index in [-0.39, 0.29) is 0 Å². The van der Waals surface area contributed by atoms with Gasteiger partial charge < -0.3 is 10.1 Å². The monoisotopic (exact) mass is 191 g/mol. The highest BCUT2D eigenvalue weighted by molar-refractivity contribution is 5.58. The van der Waals surface area contributed by atoms with Gasteiger partial charge in [-0.25, -0.2) is 0 Å². The van der Waals surface area contributed by atoms with E-state index in [2.05, 4.69) is 18.3 Å². The maximum absolute atomic E-state index is 5.36. The molecule has 0 amide bonds. The van der Waals surface area contributed by atoms with Crippen molar-refractivity contribution in [1.29, 1.82) is 0 Å². The van der Waals surface area contributed by atoms with Crippen LogP contribution in [0.3, 0.4) is 0 Å². The Labute approximate surface area is 85.3 Å². The number of methoxy groups -OCH3 is 1. The van der Waals surface area contributed by atoms with Gasteiger partial charge in [0.2, 0.25) is 0 Å². The maximum Gasteiger partial charge on any atom is 0.124 e. The lowest BCUT2D eigenvalue weighted by atomic mass is 10.1. The van der Waals surface area contributed by atoms with Gasteiger partial charge in [-0.3, -0.25) is 0 Å². The summed E-state index contributed by atoms with van der Waals surface area (Å²) in [6, 6.07) is 6.79. The quantitative estimate of drug-likeness (QED) is 0.737. The molecule has 0 fully saturated rings. The Morgan fingerprint density at radius 3 is 3.07 bits per heavy atom. The average Bonchev–Trinajstić information content (AvgIpc) is 2.37. The summed E-state index contributed by atoms with van der Waals surface area (Å²) in [6.07, 6.45) is 3.59. The number of anilines is 1. The first-order valence-corrected chi connectivity index (χ1v) is 5.23. The molecule has 0 bridgehead atoms. The van der Waals surface area contributed by atoms with Crippen LogP contribution in [-0.2, 0) is 6.42 Å². The second-order valence-electron chi connectivity index (χ2n) is 3.92. The van der Waals surface area contributed by atoms with Crippen LogP contribution >= 0.6 is 0 Å². The first kappa shape index (κ1) is 9.38. The number of hydrogen-bond donors (Lipinski definition) is 1. The summed E-state index contributed by atoms with van der Waals surface area (Å²) in [4.78, 5) is 0. The van der Waals surface area contributed by atoms with Crippen molar-refractivity contribution in [3.63, 3.8) is 0 Å². The third-order valence-corrected chi connectivity index (χ3v) is 2.82. The minimum atomic E-state index is 0.573. The molecule has 1 N–H and O–H groups in total. The van der Waals surface area contributed by atoms with E-state index in [0.717, 1.165) is 12.2 Å². The molecule has 1 unspecified atom stereocenters. The molecule has 0 saturated heterocycles. The predicted octanol–water partition coefficient (Wildman–Crippen LogP) is 2.83. The standard InChI is InChI=1S/C12H17NO/c1-9-5-3-6-10-11(13-9)7-4-8-12(10)14-2/h4,7-9,13H,3,5-6H2,1-2H3. The van der Waals surface area contributed by atoms with E-state index in [4.69, 9.17) is 4.74 Å². The Kier molecular flexibility index (Phi) is 2.62. The summed E-state index contributed by atoms with van der Waals surface area (Å²) in [5.74, 6) is 1.02. The van der Waals surface area contributed by atoms with E-state index in [1.807, 2.05) is 12.1 Å². The Morgan fingerprint density at radius 1 is 1.43 bits per heavy atom. The van der Waals surface area contributed by atoms with E-state index in [1.54, 1.807) is 7.11 Å². The Hall–Kier alpha value is -1.18. The average molecular weight is 191 g/mol. The molecule has 2 rings (SSSR count). The molecular weight excluding hydrogens is 174 g/mol. The van der Waals surface area contributed by atoms with Crippen molar-refractivity contribution in [3.8, 4) is 5.75 Å². The smallest absolute Gasteiger partial charge is 0.124 e. The lowest BCUT2D eigenvalue weighted by molar-refractivity contribution is 0.409. The van der Waals surface area contributed by atoms with E-state index in [1.165, 1.54) is 24.1 Å². The summed E-state index contributed by atoms with van der Waals surface area (Å²) in [6.45, 7) is 2.23. The van der Waals surface area contributed by atoms with Crippen molar-refractivity contribution in [3.05, 3.63) is 23.8 Å². The molecule has 0 saturated carbocycles. The SMILES string of the molecule is COc1cccc2c1CCCC(C)N2. The van der Waals surface area contributed by atoms with Gasteiger partial charge in [-0.05, 0) is 38.3 Å². The summed E-state index contributed by atoms with van der Waals surface area (Å²) < 4.78 is 5.36. The molecule has 0 radical (unpaired) electrons. The first-order valence-electron chi connectivity index (χ1n) is 5.23. The Bertz CT molecular complexity index is 322. The van der Waals surface area contributed by atoms with E-state index < -0.39 is 0 Å². The normalized spacial score (nSPS) is 20.6. The summed E-state index contributed by atoms with van der Waals surface area (Å²) in [7, 11) is 1.74. The van der Waals surface area contributed by atoms with Crippen LogP contribution in [0.5, 0.6) is 5.75 Å². The van der Waals surface area contributed by atoms with E-state index >= 15 is 0 Å². The molecule has 1 aromatic rings. The van der Waals surface area contributed by atoms with Gasteiger partial charge in [0, 0.05) is 17.3 Å². The fourth-order valence-corrected chi connectivity index (χ4v) is 2.07. The number of rotatable bonds is 1. The number of hydrogen-bond acceptors (Lipinski definition) is 2. The fourth-order valence-electron chi connectivity index (χ4n) is 2.07. The molecule has 2 nitrogen and oxygen atoms in total. The van der Waals surface area contributed by atoms with E-state index in [0.29, 0.717) is 6.04 Å². The highest BCUT2D eigenvalue weighted by Gasteiger charge is 2.14. The molecule has 1 atom stereocenters. The Balaban J connectivity index is 2.38. The summed E-state index contributed by atoms with van der Waals surface area (Å²) >= 11 is 0. The van der Waals surface area contributed by atoms with Gasteiger partial charge >= 0.3 is 0 Å². The highest BCUT2D eigenvalue weighted by atomic mass is 16.5. The molecule has 1 aliphatic heterocycles. The second kappa shape index (κ2) is 3.91. The minimum Gasteiger partial charge on any atom is -0.496 e. The molecule has 1 aliphatic rings. The van der Waals surface area contributed by atoms with Gasteiger partial charge in [-0.2, -0.15) is 0 Å². The Morgan fingerprint density at radius 2 is 2.29 bits per heavy atom. The van der Waals surface area contributed by atoms with Crippen LogP contribution < -0.4 is 10.1 Å². The third-order valence-electron chi connectivity index (χ3n) is 2.82. The van der Waals surface area contributed by atoms with Crippen LogP contribution in [0.25, 0.3) is 0 Å². The lowest BCUT2D eigenvalue weighted by Gasteiger charge is -2.14. The molecule has 14 heavy (non-hydrogen) atoms. The van der Waals surface area contributed by atoms with Gasteiger partial charge in [0.15, 0.2) is 0 Å². The molecule has 1 heterocycles. The van der Waals surface area contributed by atoms with Gasteiger partial charge in [0.1, 0.15) is 5.75 Å². The zero-order valence-corrected chi connectivity index (χ0v) is 8.84. The maximum atomic E-state index is 5.36. The minimum absolute atomic E-state index is 0.573. The lowest BCUT2D eigenvalue weighted by Crippen LogP contribution is -2.13. The number of nitrogens with one attached hydrogen (secondary N) is 1. The van der Waals surface area contributed by atoms with Gasteiger partial charge in [-0.1, -0.05) is 6.07 Å². The van der Waals surface area contributed by atoms with Crippen LogP contribution in [-0.4, -0.2) is 13.2 Å². The molecule has 2 heteroatoms. The zero-order valence-electron chi connectivity index (χ0n) is 8.84. The topological polar surface area (TPSA) is 21.3 Å². The first-order chi connectivity index (χ1) is 6.81. The van der Waals surface area contributed by atoms with Crippen LogP contribution in [0.2, 0.25) is 0 Å². The second-order valence-corrected chi connectivity index (χ2v) is 3.92. The largest absolute Gasteiger partial charge is 0.496 e. The van der Waals surface area contributed by atoms with Gasteiger partial charge in [0.05, 0.1) is 7.11 Å². The van der Waals surface area contributed by atoms with Crippen molar-refractivity contribution >= 4 is 5.69 Å². The predicted molar refractivity (Wildman–Crippen MR) is 59.0 cm³/mol. The number of benzene rings is 1. The van der Waals surface area contributed by atoms with Crippen molar-refractivity contribution in [2.24, 2.45) is 0 Å². The van der Waals surface area contributed by atoms with Crippen molar-refractivity contribution < 1.29 is 4.74 Å². The number of ether oxygens (including phenoxy) is 1. The van der Waals surface area contributed by atoms with Crippen molar-refractivity contribution in [2.75, 3.05) is 12.4 Å². The fraction of sp³-hybridized carbons (Fsp3) is 0.500. The van der Waals surface area contributed by atoms with Gasteiger partial charge in [-0.15, -0.1) is 0 Å². The highest BCUT2D eigenvalue weighted by Crippen LogP contribution is 2.31. The molecular formula is C12H17NO.